The largest absolute Gasteiger partial charge is 0.482 e. The highest BCUT2D eigenvalue weighted by Gasteiger charge is 2.11. The van der Waals surface area contributed by atoms with Gasteiger partial charge in [0.05, 0.1) is 15.9 Å². The van der Waals surface area contributed by atoms with Gasteiger partial charge in [-0.1, -0.05) is 35.3 Å². The highest BCUT2D eigenvalue weighted by Crippen LogP contribution is 2.27. The van der Waals surface area contributed by atoms with Gasteiger partial charge in [0.25, 0.3) is 11.5 Å². The molecule has 0 saturated heterocycles. The van der Waals surface area contributed by atoms with Crippen LogP contribution in [0.4, 0.5) is 5.95 Å². The monoisotopic (exact) mass is 406 g/mol. The minimum Gasteiger partial charge on any atom is -0.482 e. The standard InChI is InChI=1S/C18H16Cl2N4O3/c1-2-24-17(26)12-5-3-4-6-14(12)21-18(24)23-22-16(25)10-27-15-9-11(19)7-8-13(15)20/h3-9H,2,10H2,1H3,(H,21,23)(H,22,25). The highest BCUT2D eigenvalue weighted by molar-refractivity contribution is 6.34. The summed E-state index contributed by atoms with van der Waals surface area (Å²) in [5.74, 6) is 0.0556. The highest BCUT2D eigenvalue weighted by atomic mass is 35.5. The number of benzene rings is 2. The van der Waals surface area contributed by atoms with Crippen molar-refractivity contribution in [2.75, 3.05) is 12.0 Å². The Morgan fingerprint density at radius 1 is 1.22 bits per heavy atom. The Hall–Kier alpha value is -2.77. The van der Waals surface area contributed by atoms with Gasteiger partial charge in [-0.25, -0.2) is 4.98 Å². The summed E-state index contributed by atoms with van der Waals surface area (Å²) in [6.45, 7) is 1.91. The SMILES string of the molecule is CCn1c(NNC(=O)COc2cc(Cl)ccc2Cl)nc2ccccc2c1=O. The summed E-state index contributed by atoms with van der Waals surface area (Å²) < 4.78 is 6.79. The fourth-order valence-electron chi connectivity index (χ4n) is 2.45. The predicted molar refractivity (Wildman–Crippen MR) is 105 cm³/mol. The number of hydrazine groups is 1. The summed E-state index contributed by atoms with van der Waals surface area (Å²) >= 11 is 11.9. The van der Waals surface area contributed by atoms with E-state index in [9.17, 15) is 9.59 Å². The first kappa shape index (κ1) is 19.0. The third kappa shape index (κ3) is 4.32. The van der Waals surface area contributed by atoms with Crippen LogP contribution >= 0.6 is 23.2 Å². The number of carbonyl (C=O) groups excluding carboxylic acids is 1. The molecule has 3 aromatic rings. The zero-order valence-electron chi connectivity index (χ0n) is 14.3. The molecule has 0 aliphatic heterocycles. The summed E-state index contributed by atoms with van der Waals surface area (Å²) in [6, 6.07) is 11.7. The van der Waals surface area contributed by atoms with Gasteiger partial charge in [-0.2, -0.15) is 0 Å². The number of hydrogen-bond donors (Lipinski definition) is 2. The van der Waals surface area contributed by atoms with E-state index in [0.717, 1.165) is 0 Å². The second-order valence-electron chi connectivity index (χ2n) is 5.54. The first-order valence-corrected chi connectivity index (χ1v) is 8.87. The van der Waals surface area contributed by atoms with Crippen LogP contribution in [0.3, 0.4) is 0 Å². The number of hydrogen-bond acceptors (Lipinski definition) is 5. The molecule has 1 heterocycles. The zero-order valence-corrected chi connectivity index (χ0v) is 15.8. The van der Waals surface area contributed by atoms with Gasteiger partial charge in [0.15, 0.2) is 6.61 Å². The van der Waals surface area contributed by atoms with Crippen LogP contribution in [0.25, 0.3) is 10.9 Å². The Morgan fingerprint density at radius 2 is 2.00 bits per heavy atom. The fourth-order valence-corrected chi connectivity index (χ4v) is 2.78. The lowest BCUT2D eigenvalue weighted by Gasteiger charge is -2.14. The van der Waals surface area contributed by atoms with Crippen molar-refractivity contribution in [3.8, 4) is 5.75 Å². The van der Waals surface area contributed by atoms with Gasteiger partial charge >= 0.3 is 0 Å². The smallest absolute Gasteiger partial charge is 0.276 e. The maximum atomic E-state index is 12.5. The number of fused-ring (bicyclic) bond motifs is 1. The van der Waals surface area contributed by atoms with Crippen molar-refractivity contribution in [1.82, 2.24) is 15.0 Å². The molecule has 0 radical (unpaired) electrons. The topological polar surface area (TPSA) is 85.2 Å². The molecule has 2 aromatic carbocycles. The summed E-state index contributed by atoms with van der Waals surface area (Å²) in [4.78, 5) is 28.9. The van der Waals surface area contributed by atoms with E-state index < -0.39 is 5.91 Å². The van der Waals surface area contributed by atoms with Crippen LogP contribution in [-0.4, -0.2) is 22.1 Å². The molecule has 3 rings (SSSR count). The number of aromatic nitrogens is 2. The number of amides is 1. The molecule has 0 spiro atoms. The molecule has 0 saturated carbocycles. The van der Waals surface area contributed by atoms with Gasteiger partial charge in [-0.05, 0) is 31.2 Å². The predicted octanol–water partition coefficient (Wildman–Crippen LogP) is 3.25. The molecule has 9 heteroatoms. The van der Waals surface area contributed by atoms with Crippen molar-refractivity contribution in [2.24, 2.45) is 0 Å². The van der Waals surface area contributed by atoms with E-state index in [4.69, 9.17) is 27.9 Å². The van der Waals surface area contributed by atoms with Crippen LogP contribution in [0.1, 0.15) is 6.92 Å². The third-order valence-electron chi connectivity index (χ3n) is 3.74. The quantitative estimate of drug-likeness (QED) is 0.613. The average molecular weight is 407 g/mol. The second kappa shape index (κ2) is 8.28. The van der Waals surface area contributed by atoms with Crippen molar-refractivity contribution < 1.29 is 9.53 Å². The molecular formula is C18H16Cl2N4O3. The van der Waals surface area contributed by atoms with E-state index >= 15 is 0 Å². The van der Waals surface area contributed by atoms with Crippen LogP contribution in [-0.2, 0) is 11.3 Å². The summed E-state index contributed by atoms with van der Waals surface area (Å²) in [6.07, 6.45) is 0. The van der Waals surface area contributed by atoms with Gasteiger partial charge in [0.1, 0.15) is 5.75 Å². The lowest BCUT2D eigenvalue weighted by Crippen LogP contribution is -2.37. The zero-order chi connectivity index (χ0) is 19.4. The Kier molecular flexibility index (Phi) is 5.83. The van der Waals surface area contributed by atoms with Gasteiger partial charge in [0, 0.05) is 17.6 Å². The average Bonchev–Trinajstić information content (AvgIpc) is 2.67. The van der Waals surface area contributed by atoms with E-state index in [1.54, 1.807) is 36.4 Å². The molecule has 2 N–H and O–H groups in total. The number of anilines is 1. The first-order chi connectivity index (χ1) is 13.0. The van der Waals surface area contributed by atoms with E-state index in [0.29, 0.717) is 33.2 Å². The Labute approximate surface area is 164 Å². The van der Waals surface area contributed by atoms with Gasteiger partial charge in [-0.15, -0.1) is 0 Å². The molecule has 7 nitrogen and oxygen atoms in total. The van der Waals surface area contributed by atoms with Crippen LogP contribution < -0.4 is 21.1 Å². The number of halogens is 2. The van der Waals surface area contributed by atoms with Gasteiger partial charge in [0.2, 0.25) is 5.95 Å². The van der Waals surface area contributed by atoms with Crippen molar-refractivity contribution >= 4 is 46.0 Å². The van der Waals surface area contributed by atoms with Crippen LogP contribution in [0, 0.1) is 0 Å². The van der Waals surface area contributed by atoms with E-state index in [1.165, 1.54) is 10.6 Å². The molecule has 0 aliphatic rings. The lowest BCUT2D eigenvalue weighted by molar-refractivity contribution is -0.122. The van der Waals surface area contributed by atoms with Crippen LogP contribution in [0.15, 0.2) is 47.3 Å². The number of nitrogens with one attached hydrogen (secondary N) is 2. The maximum absolute atomic E-state index is 12.5. The van der Waals surface area contributed by atoms with Crippen molar-refractivity contribution in [1.29, 1.82) is 0 Å². The number of para-hydroxylation sites is 1. The van der Waals surface area contributed by atoms with Gasteiger partial charge in [-0.3, -0.25) is 25.0 Å². The Bertz CT molecular complexity index is 1050. The molecule has 27 heavy (non-hydrogen) atoms. The normalized spacial score (nSPS) is 10.6. The molecule has 0 unspecified atom stereocenters. The van der Waals surface area contributed by atoms with Crippen molar-refractivity contribution in [3.05, 3.63) is 62.9 Å². The van der Waals surface area contributed by atoms with E-state index in [2.05, 4.69) is 15.8 Å². The molecule has 0 aliphatic carbocycles. The Balaban J connectivity index is 1.70. The lowest BCUT2D eigenvalue weighted by atomic mass is 10.2. The second-order valence-corrected chi connectivity index (χ2v) is 6.38. The molecule has 1 amide bonds. The molecule has 1 aromatic heterocycles. The number of rotatable bonds is 6. The summed E-state index contributed by atoms with van der Waals surface area (Å²) in [7, 11) is 0. The third-order valence-corrected chi connectivity index (χ3v) is 4.29. The van der Waals surface area contributed by atoms with Gasteiger partial charge < -0.3 is 4.74 Å². The molecule has 0 fully saturated rings. The molecule has 0 atom stereocenters. The fraction of sp³-hybridized carbons (Fsp3) is 0.167. The number of nitrogens with zero attached hydrogens (tertiary/aromatic N) is 2. The van der Waals surface area contributed by atoms with Crippen LogP contribution in [0.2, 0.25) is 10.0 Å². The van der Waals surface area contributed by atoms with E-state index in [-0.39, 0.29) is 18.1 Å². The minimum atomic E-state index is -0.476. The molecular weight excluding hydrogens is 391 g/mol. The minimum absolute atomic E-state index is 0.193. The molecule has 0 bridgehead atoms. The number of carbonyl (C=O) groups is 1. The maximum Gasteiger partial charge on any atom is 0.276 e. The first-order valence-electron chi connectivity index (χ1n) is 8.12. The molecule has 140 valence electrons. The Morgan fingerprint density at radius 3 is 2.78 bits per heavy atom. The summed E-state index contributed by atoms with van der Waals surface area (Å²) in [5, 5.41) is 1.30. The van der Waals surface area contributed by atoms with E-state index in [1.807, 2.05) is 6.92 Å². The van der Waals surface area contributed by atoms with Crippen molar-refractivity contribution in [2.45, 2.75) is 13.5 Å². The van der Waals surface area contributed by atoms with Crippen molar-refractivity contribution in [3.63, 3.8) is 0 Å². The van der Waals surface area contributed by atoms with Crippen LogP contribution in [0.5, 0.6) is 5.75 Å². The number of ether oxygens (including phenoxy) is 1. The summed E-state index contributed by atoms with van der Waals surface area (Å²) in [5.41, 5.74) is 5.47.